The molecule has 0 aliphatic rings. The van der Waals surface area contributed by atoms with Gasteiger partial charge in [0, 0.05) is 23.4 Å². The smallest absolute Gasteiger partial charge is 0.311 e. The molecule has 0 heterocycles. The maximum Gasteiger partial charge on any atom is 0.311 e. The second-order valence-corrected chi connectivity index (χ2v) is 2.39. The Morgan fingerprint density at radius 3 is 2.85 bits per heavy atom. The summed E-state index contributed by atoms with van der Waals surface area (Å²) >= 11 is 5.03. The van der Waals surface area contributed by atoms with Gasteiger partial charge in [-0.15, -0.1) is 0 Å². The summed E-state index contributed by atoms with van der Waals surface area (Å²) in [5, 5.41) is 19.6. The number of benzene rings is 1. The van der Waals surface area contributed by atoms with Crippen molar-refractivity contribution < 1.29 is 10.0 Å². The molecule has 0 aromatic heterocycles. The summed E-state index contributed by atoms with van der Waals surface area (Å²) in [6.45, 7) is 0. The Kier molecular flexibility index (Phi) is 2.81. The topological polar surface area (TPSA) is 75.7 Å². The number of phenols is 1. The van der Waals surface area contributed by atoms with Crippen LogP contribution in [0.25, 0.3) is 0 Å². The Hall–Kier alpha value is -1.62. The van der Waals surface area contributed by atoms with Crippen LogP contribution < -0.4 is 0 Å². The van der Waals surface area contributed by atoms with Crippen LogP contribution in [-0.4, -0.2) is 16.2 Å². The lowest BCUT2D eigenvalue weighted by Gasteiger charge is -1.97. The number of phenolic OH excluding ortho intramolecular Hbond substituents is 1. The molecule has 6 heteroatoms. The molecule has 0 atom stereocenters. The molecule has 0 saturated carbocycles. The normalized spacial score (nSPS) is 10.5. The lowest BCUT2D eigenvalue weighted by Crippen LogP contribution is -1.91. The molecule has 0 amide bonds. The predicted molar refractivity (Wildman–Crippen MR) is 48.2 cm³/mol. The summed E-state index contributed by atoms with van der Waals surface area (Å²) in [4.78, 5) is 9.67. The van der Waals surface area contributed by atoms with E-state index in [0.717, 1.165) is 6.21 Å². The average molecular weight is 201 g/mol. The zero-order valence-corrected chi connectivity index (χ0v) is 7.10. The van der Waals surface area contributed by atoms with E-state index >= 15 is 0 Å². The summed E-state index contributed by atoms with van der Waals surface area (Å²) in [6, 6.07) is 4.10. The Bertz CT molecular complexity index is 365. The standard InChI is InChI=1S/C7H5ClN2O3/c8-9-4-5-2-1-3-6(7(5)11)10(12)13/h1-4,11H. The van der Waals surface area contributed by atoms with Gasteiger partial charge in [-0.25, -0.2) is 0 Å². The third-order valence-corrected chi connectivity index (χ3v) is 1.53. The summed E-state index contributed by atoms with van der Waals surface area (Å²) in [6.07, 6.45) is 1.13. The molecule has 1 rings (SSSR count). The predicted octanol–water partition coefficient (Wildman–Crippen LogP) is 1.87. The number of rotatable bonds is 2. The Labute approximate surface area is 78.6 Å². The molecule has 1 aromatic carbocycles. The van der Waals surface area contributed by atoms with Gasteiger partial charge in [0.1, 0.15) is 0 Å². The van der Waals surface area contributed by atoms with E-state index in [2.05, 4.69) is 4.51 Å². The first kappa shape index (κ1) is 9.47. The molecule has 0 unspecified atom stereocenters. The van der Waals surface area contributed by atoms with Gasteiger partial charge in [-0.3, -0.25) is 10.1 Å². The van der Waals surface area contributed by atoms with Gasteiger partial charge in [0.15, 0.2) is 0 Å². The van der Waals surface area contributed by atoms with Gasteiger partial charge in [0.25, 0.3) is 0 Å². The minimum atomic E-state index is -0.680. The van der Waals surface area contributed by atoms with Gasteiger partial charge in [0.05, 0.1) is 11.1 Å². The minimum absolute atomic E-state index is 0.212. The molecule has 1 N–H and O–H groups in total. The van der Waals surface area contributed by atoms with Crippen molar-refractivity contribution in [1.82, 2.24) is 0 Å². The van der Waals surface area contributed by atoms with E-state index in [4.69, 9.17) is 11.8 Å². The van der Waals surface area contributed by atoms with Crippen LogP contribution in [0.3, 0.4) is 0 Å². The Morgan fingerprint density at radius 1 is 1.62 bits per heavy atom. The second-order valence-electron chi connectivity index (χ2n) is 2.20. The molecule has 5 nitrogen and oxygen atoms in total. The summed E-state index contributed by atoms with van der Waals surface area (Å²) < 4.78 is 3.13. The Morgan fingerprint density at radius 2 is 2.31 bits per heavy atom. The zero-order chi connectivity index (χ0) is 9.84. The monoisotopic (exact) mass is 200 g/mol. The van der Waals surface area contributed by atoms with Crippen LogP contribution >= 0.6 is 11.8 Å². The van der Waals surface area contributed by atoms with Gasteiger partial charge in [0.2, 0.25) is 5.75 Å². The van der Waals surface area contributed by atoms with E-state index in [0.29, 0.717) is 0 Å². The fourth-order valence-electron chi connectivity index (χ4n) is 0.853. The minimum Gasteiger partial charge on any atom is -0.502 e. The highest BCUT2D eigenvalue weighted by Gasteiger charge is 2.14. The highest BCUT2D eigenvalue weighted by Crippen LogP contribution is 2.27. The second kappa shape index (κ2) is 3.86. The molecule has 0 saturated heterocycles. The highest BCUT2D eigenvalue weighted by molar-refractivity contribution is 6.19. The maximum absolute atomic E-state index is 10.3. The van der Waals surface area contributed by atoms with Crippen LogP contribution in [-0.2, 0) is 0 Å². The molecular weight excluding hydrogens is 196 g/mol. The molecule has 13 heavy (non-hydrogen) atoms. The van der Waals surface area contributed by atoms with Crippen LogP contribution in [0.1, 0.15) is 5.56 Å². The van der Waals surface area contributed by atoms with Crippen molar-refractivity contribution in [3.8, 4) is 5.75 Å². The molecular formula is C7H5ClN2O3. The summed E-state index contributed by atoms with van der Waals surface area (Å²) in [7, 11) is 0. The largest absolute Gasteiger partial charge is 0.502 e. The summed E-state index contributed by atoms with van der Waals surface area (Å²) in [5.41, 5.74) is -0.154. The fraction of sp³-hybridized carbons (Fsp3) is 0. The van der Waals surface area contributed by atoms with Crippen molar-refractivity contribution in [1.29, 1.82) is 0 Å². The number of nitro groups is 1. The van der Waals surface area contributed by atoms with Gasteiger partial charge in [-0.2, -0.15) is 4.51 Å². The van der Waals surface area contributed by atoms with E-state index in [-0.39, 0.29) is 11.3 Å². The van der Waals surface area contributed by atoms with Gasteiger partial charge >= 0.3 is 5.69 Å². The SMILES string of the molecule is O=[N+]([O-])c1cccc(C=NCl)c1O. The average Bonchev–Trinajstić information content (AvgIpc) is 2.08. The fourth-order valence-corrected chi connectivity index (χ4v) is 0.958. The van der Waals surface area contributed by atoms with E-state index in [1.807, 2.05) is 0 Å². The Balaban J connectivity index is 3.26. The number of nitrogens with zero attached hydrogens (tertiary/aromatic N) is 2. The number of hydrogen-bond donors (Lipinski definition) is 1. The molecule has 1 aromatic rings. The van der Waals surface area contributed by atoms with Crippen LogP contribution in [0.5, 0.6) is 5.75 Å². The molecule has 0 aliphatic carbocycles. The van der Waals surface area contributed by atoms with Crippen molar-refractivity contribution in [2.75, 3.05) is 0 Å². The quantitative estimate of drug-likeness (QED) is 0.450. The van der Waals surface area contributed by atoms with Crippen LogP contribution in [0.2, 0.25) is 0 Å². The number of hydrogen-bond acceptors (Lipinski definition) is 4. The number of halogens is 1. The van der Waals surface area contributed by atoms with E-state index in [1.165, 1.54) is 18.2 Å². The highest BCUT2D eigenvalue weighted by atomic mass is 35.5. The molecule has 0 fully saturated rings. The number of para-hydroxylation sites is 1. The first-order valence-corrected chi connectivity index (χ1v) is 3.61. The lowest BCUT2D eigenvalue weighted by molar-refractivity contribution is -0.385. The van der Waals surface area contributed by atoms with E-state index < -0.39 is 10.7 Å². The van der Waals surface area contributed by atoms with Gasteiger partial charge < -0.3 is 5.11 Å². The molecule has 0 spiro atoms. The van der Waals surface area contributed by atoms with Crippen molar-refractivity contribution in [2.24, 2.45) is 4.51 Å². The third-order valence-electron chi connectivity index (χ3n) is 1.43. The van der Waals surface area contributed by atoms with Crippen LogP contribution in [0, 0.1) is 10.1 Å². The third kappa shape index (κ3) is 1.94. The summed E-state index contributed by atoms with van der Waals surface area (Å²) in [5.74, 6) is -0.433. The van der Waals surface area contributed by atoms with Crippen molar-refractivity contribution in [3.63, 3.8) is 0 Å². The van der Waals surface area contributed by atoms with Crippen LogP contribution in [0.15, 0.2) is 22.7 Å². The maximum atomic E-state index is 10.3. The molecule has 0 aliphatic heterocycles. The van der Waals surface area contributed by atoms with Crippen molar-refractivity contribution in [2.45, 2.75) is 0 Å². The molecule has 0 bridgehead atoms. The van der Waals surface area contributed by atoms with Crippen molar-refractivity contribution >= 4 is 23.7 Å². The van der Waals surface area contributed by atoms with Gasteiger partial charge in [-0.1, -0.05) is 6.07 Å². The van der Waals surface area contributed by atoms with Gasteiger partial charge in [-0.05, 0) is 6.07 Å². The first-order valence-electron chi connectivity index (χ1n) is 3.27. The van der Waals surface area contributed by atoms with E-state index in [1.54, 1.807) is 0 Å². The molecule has 0 radical (unpaired) electrons. The first-order chi connectivity index (χ1) is 6.16. The zero-order valence-electron chi connectivity index (χ0n) is 6.35. The lowest BCUT2D eigenvalue weighted by atomic mass is 10.2. The number of aromatic hydroxyl groups is 1. The number of nitro benzene ring substituents is 1. The van der Waals surface area contributed by atoms with Crippen LogP contribution in [0.4, 0.5) is 5.69 Å². The van der Waals surface area contributed by atoms with E-state index in [9.17, 15) is 15.2 Å². The molecule has 68 valence electrons. The van der Waals surface area contributed by atoms with Crippen molar-refractivity contribution in [3.05, 3.63) is 33.9 Å².